The highest BCUT2D eigenvalue weighted by atomic mass is 16.6. The number of ether oxygens (including phenoxy) is 3. The molecule has 1 unspecified atom stereocenters. The van der Waals surface area contributed by atoms with Gasteiger partial charge in [-0.15, -0.1) is 0 Å². The summed E-state index contributed by atoms with van der Waals surface area (Å²) in [6.07, 6.45) is -0.894. The molecule has 0 saturated heterocycles. The third-order valence-corrected chi connectivity index (χ3v) is 5.87. The van der Waals surface area contributed by atoms with Crippen molar-refractivity contribution in [1.29, 1.82) is 0 Å². The Bertz CT molecular complexity index is 1520. The Morgan fingerprint density at radius 2 is 1.59 bits per heavy atom. The maximum Gasteiger partial charge on any atom is 0.343 e. The van der Waals surface area contributed by atoms with Crippen molar-refractivity contribution in [2.75, 3.05) is 19.6 Å². The third kappa shape index (κ3) is 5.27. The van der Waals surface area contributed by atoms with Crippen LogP contribution in [0.5, 0.6) is 11.5 Å². The molecule has 0 fully saturated rings. The smallest absolute Gasteiger partial charge is 0.343 e. The second-order valence-electron chi connectivity index (χ2n) is 8.05. The molecule has 1 atom stereocenters. The fourth-order valence-corrected chi connectivity index (χ4v) is 4.01. The van der Waals surface area contributed by atoms with Crippen LogP contribution in [0.3, 0.4) is 0 Å². The lowest BCUT2D eigenvalue weighted by atomic mass is 9.97. The van der Waals surface area contributed by atoms with E-state index in [2.05, 4.69) is 10.5 Å². The summed E-state index contributed by atoms with van der Waals surface area (Å²) in [6, 6.07) is 11.6. The number of hydrogen-bond donors (Lipinski definition) is 1. The highest BCUT2D eigenvalue weighted by molar-refractivity contribution is 6.03. The Labute approximate surface area is 219 Å². The average Bonchev–Trinajstić information content (AvgIpc) is 3.25. The number of nitrogens with one attached hydrogen (secondary N) is 1. The molecule has 4 rings (SSSR count). The van der Waals surface area contributed by atoms with Crippen LogP contribution in [0.2, 0.25) is 0 Å². The molecular weight excluding hydrogens is 518 g/mol. The van der Waals surface area contributed by atoms with Gasteiger partial charge in [0.2, 0.25) is 0 Å². The molecule has 0 radical (unpaired) electrons. The van der Waals surface area contributed by atoms with Gasteiger partial charge in [-0.05, 0) is 29.8 Å². The van der Waals surface area contributed by atoms with Gasteiger partial charge in [0, 0.05) is 30.2 Å². The predicted molar refractivity (Wildman–Crippen MR) is 135 cm³/mol. The molecule has 0 amide bonds. The van der Waals surface area contributed by atoms with Crippen LogP contribution in [0.15, 0.2) is 59.7 Å². The minimum absolute atomic E-state index is 0.0419. The van der Waals surface area contributed by atoms with Gasteiger partial charge in [-0.1, -0.05) is 6.07 Å². The van der Waals surface area contributed by atoms with E-state index in [0.717, 1.165) is 18.2 Å². The maximum atomic E-state index is 12.7. The van der Waals surface area contributed by atoms with Gasteiger partial charge in [-0.3, -0.25) is 35.8 Å². The van der Waals surface area contributed by atoms with Crippen LogP contribution < -0.4 is 14.9 Å². The normalized spacial score (nSPS) is 14.3. The Morgan fingerprint density at radius 1 is 0.923 bits per heavy atom. The molecular formula is C24H19N5O10. The number of hydrazone groups is 1. The maximum absolute atomic E-state index is 12.7. The van der Waals surface area contributed by atoms with Gasteiger partial charge in [-0.25, -0.2) is 4.79 Å². The number of rotatable bonds is 10. The van der Waals surface area contributed by atoms with E-state index in [9.17, 15) is 35.1 Å². The number of carbonyl (C=O) groups is 1. The van der Waals surface area contributed by atoms with Gasteiger partial charge in [0.1, 0.15) is 17.4 Å². The van der Waals surface area contributed by atoms with E-state index >= 15 is 0 Å². The van der Waals surface area contributed by atoms with E-state index in [1.54, 1.807) is 12.1 Å². The standard InChI is InChI=1S/C24H19N5O10/c1-37-20-10-8-16-21(39-24(30)22(16)23(20)38-2)12-18(13-3-5-14(6-4-13)27(31)32)26-25-17-9-7-15(28(33)34)11-19(17)29(35)36/h3-11,21,25H,12H2,1-2H3/b26-18+. The molecule has 0 aromatic heterocycles. The van der Waals surface area contributed by atoms with Gasteiger partial charge >= 0.3 is 11.7 Å². The van der Waals surface area contributed by atoms with E-state index in [1.165, 1.54) is 38.5 Å². The van der Waals surface area contributed by atoms with E-state index in [4.69, 9.17) is 14.2 Å². The van der Waals surface area contributed by atoms with Gasteiger partial charge in [0.15, 0.2) is 11.5 Å². The Morgan fingerprint density at radius 3 is 2.18 bits per heavy atom. The number of anilines is 1. The summed E-state index contributed by atoms with van der Waals surface area (Å²) in [5.41, 5.74) is 2.43. The van der Waals surface area contributed by atoms with Gasteiger partial charge < -0.3 is 14.2 Å². The molecule has 1 N–H and O–H groups in total. The summed E-state index contributed by atoms with van der Waals surface area (Å²) in [7, 11) is 2.80. The molecule has 1 aliphatic heterocycles. The van der Waals surface area contributed by atoms with Gasteiger partial charge in [0.05, 0.1) is 40.8 Å². The van der Waals surface area contributed by atoms with Crippen LogP contribution in [0.1, 0.15) is 34.0 Å². The number of nitrogens with zero attached hydrogens (tertiary/aromatic N) is 4. The van der Waals surface area contributed by atoms with Crippen molar-refractivity contribution in [3.05, 3.63) is 102 Å². The molecule has 1 heterocycles. The van der Waals surface area contributed by atoms with Crippen molar-refractivity contribution in [1.82, 2.24) is 0 Å². The SMILES string of the molecule is COc1ccc2c(c1OC)C(=O)OC2C/C(=N\Nc1ccc([N+](=O)[O-])cc1[N+](=O)[O-])c1ccc([N+](=O)[O-])cc1. The summed E-state index contributed by atoms with van der Waals surface area (Å²) < 4.78 is 16.2. The summed E-state index contributed by atoms with van der Waals surface area (Å²) in [4.78, 5) is 44.3. The highest BCUT2D eigenvalue weighted by Crippen LogP contribution is 2.43. The zero-order valence-electron chi connectivity index (χ0n) is 20.4. The Kier molecular flexibility index (Phi) is 7.32. The lowest BCUT2D eigenvalue weighted by Crippen LogP contribution is -2.11. The fraction of sp³-hybridized carbons (Fsp3) is 0.167. The molecule has 15 heteroatoms. The summed E-state index contributed by atoms with van der Waals surface area (Å²) in [6.45, 7) is 0. The quantitative estimate of drug-likeness (QED) is 0.165. The van der Waals surface area contributed by atoms with E-state index < -0.39 is 38.2 Å². The number of non-ortho nitro benzene ring substituents is 2. The summed E-state index contributed by atoms with van der Waals surface area (Å²) >= 11 is 0. The molecule has 200 valence electrons. The van der Waals surface area contributed by atoms with Crippen molar-refractivity contribution >= 4 is 34.4 Å². The number of carbonyl (C=O) groups excluding carboxylic acids is 1. The van der Waals surface area contributed by atoms with Crippen molar-refractivity contribution in [3.63, 3.8) is 0 Å². The minimum atomic E-state index is -0.852. The number of fused-ring (bicyclic) bond motifs is 1. The largest absolute Gasteiger partial charge is 0.493 e. The minimum Gasteiger partial charge on any atom is -0.493 e. The first-order chi connectivity index (χ1) is 18.6. The van der Waals surface area contributed by atoms with Crippen LogP contribution in [-0.4, -0.2) is 40.7 Å². The molecule has 0 spiro atoms. The second kappa shape index (κ2) is 10.8. The van der Waals surface area contributed by atoms with Crippen LogP contribution in [0.4, 0.5) is 22.7 Å². The molecule has 3 aromatic rings. The lowest BCUT2D eigenvalue weighted by Gasteiger charge is -2.15. The zero-order chi connectivity index (χ0) is 28.3. The predicted octanol–water partition coefficient (Wildman–Crippen LogP) is 4.55. The van der Waals surface area contributed by atoms with Crippen LogP contribution in [0, 0.1) is 30.3 Å². The van der Waals surface area contributed by atoms with Crippen molar-refractivity contribution in [2.24, 2.45) is 5.10 Å². The van der Waals surface area contributed by atoms with Gasteiger partial charge in [-0.2, -0.15) is 5.10 Å². The number of methoxy groups -OCH3 is 2. The third-order valence-electron chi connectivity index (χ3n) is 5.87. The van der Waals surface area contributed by atoms with E-state index in [1.807, 2.05) is 0 Å². The first kappa shape index (κ1) is 26.5. The molecule has 3 aromatic carbocycles. The van der Waals surface area contributed by atoms with Gasteiger partial charge in [0.25, 0.3) is 11.4 Å². The number of esters is 1. The molecule has 1 aliphatic rings. The Balaban J connectivity index is 1.75. The summed E-state index contributed by atoms with van der Waals surface area (Å²) in [5, 5.41) is 38.0. The first-order valence-electron chi connectivity index (χ1n) is 11.1. The zero-order valence-corrected chi connectivity index (χ0v) is 20.4. The molecule has 0 bridgehead atoms. The van der Waals surface area contributed by atoms with Crippen molar-refractivity contribution in [3.8, 4) is 11.5 Å². The number of cyclic esters (lactones) is 1. The van der Waals surface area contributed by atoms with E-state index in [0.29, 0.717) is 16.9 Å². The highest BCUT2D eigenvalue weighted by Gasteiger charge is 2.36. The fourth-order valence-electron chi connectivity index (χ4n) is 4.01. The number of nitro groups is 3. The second-order valence-corrected chi connectivity index (χ2v) is 8.05. The number of nitro benzene ring substituents is 3. The van der Waals surface area contributed by atoms with Crippen LogP contribution in [-0.2, 0) is 4.74 Å². The van der Waals surface area contributed by atoms with Crippen LogP contribution in [0.25, 0.3) is 0 Å². The van der Waals surface area contributed by atoms with Crippen LogP contribution >= 0.6 is 0 Å². The Hall–Kier alpha value is -5.60. The molecule has 0 saturated carbocycles. The average molecular weight is 537 g/mol. The monoisotopic (exact) mass is 537 g/mol. The van der Waals surface area contributed by atoms with E-state index in [-0.39, 0.29) is 34.8 Å². The number of benzene rings is 3. The summed E-state index contributed by atoms with van der Waals surface area (Å²) in [5.74, 6) is -0.144. The topological polar surface area (TPSA) is 199 Å². The molecule has 15 nitrogen and oxygen atoms in total. The van der Waals surface area contributed by atoms with Crippen molar-refractivity contribution in [2.45, 2.75) is 12.5 Å². The lowest BCUT2D eigenvalue weighted by molar-refractivity contribution is -0.393. The molecule has 0 aliphatic carbocycles. The number of hydrogen-bond acceptors (Lipinski definition) is 12. The van der Waals surface area contributed by atoms with Crippen molar-refractivity contribution < 1.29 is 33.8 Å². The first-order valence-corrected chi connectivity index (χ1v) is 11.1. The molecule has 39 heavy (non-hydrogen) atoms.